The number of benzene rings is 1. The Bertz CT molecular complexity index is 681. The van der Waals surface area contributed by atoms with Crippen LogP contribution in [0.4, 0.5) is 5.69 Å². The largest absolute Gasteiger partial charge is 0.484 e. The molecule has 1 amide bonds. The van der Waals surface area contributed by atoms with Crippen LogP contribution in [-0.2, 0) is 4.79 Å². The van der Waals surface area contributed by atoms with Crippen molar-refractivity contribution in [1.82, 2.24) is 4.98 Å². The van der Waals surface area contributed by atoms with Crippen LogP contribution in [0.25, 0.3) is 0 Å². The summed E-state index contributed by atoms with van der Waals surface area (Å²) in [6.07, 6.45) is 1.44. The fourth-order valence-corrected chi connectivity index (χ4v) is 2.17. The van der Waals surface area contributed by atoms with E-state index in [1.54, 1.807) is 25.1 Å². The van der Waals surface area contributed by atoms with Gasteiger partial charge in [-0.1, -0.05) is 22.0 Å². The average molecular weight is 353 g/mol. The maximum atomic E-state index is 11.8. The Labute approximate surface area is 129 Å². The number of carboxylic acids is 1. The van der Waals surface area contributed by atoms with E-state index in [9.17, 15) is 9.59 Å². The quantitative estimate of drug-likeness (QED) is 0.771. The number of carbonyl (C=O) groups excluding carboxylic acids is 1. The molecule has 2 rings (SSSR count). The molecule has 1 aromatic carbocycles. The Hall–Kier alpha value is -2.28. The standard InChI is InChI=1S/C14H13BrN2O4/c1-8-13(14(19)20)11(6-16-8)17-12(18)7-21-10-4-2-3-9(15)5-10/h2-6,16H,7H2,1H3,(H,17,18)(H,19,20). The summed E-state index contributed by atoms with van der Waals surface area (Å²) >= 11 is 3.30. The molecule has 3 N–H and O–H groups in total. The molecule has 6 nitrogen and oxygen atoms in total. The zero-order valence-electron chi connectivity index (χ0n) is 11.1. The van der Waals surface area contributed by atoms with Crippen LogP contribution in [0, 0.1) is 6.92 Å². The van der Waals surface area contributed by atoms with Crippen LogP contribution in [0.2, 0.25) is 0 Å². The molecule has 110 valence electrons. The number of aromatic carboxylic acids is 1. The number of aromatic amines is 1. The Morgan fingerprint density at radius 2 is 2.19 bits per heavy atom. The topological polar surface area (TPSA) is 91.4 Å². The predicted molar refractivity (Wildman–Crippen MR) is 80.8 cm³/mol. The first-order valence-electron chi connectivity index (χ1n) is 6.07. The summed E-state index contributed by atoms with van der Waals surface area (Å²) in [5, 5.41) is 11.6. The number of nitrogens with one attached hydrogen (secondary N) is 2. The molecular weight excluding hydrogens is 340 g/mol. The Morgan fingerprint density at radius 1 is 1.43 bits per heavy atom. The van der Waals surface area contributed by atoms with Crippen molar-refractivity contribution in [1.29, 1.82) is 0 Å². The number of carbonyl (C=O) groups is 2. The van der Waals surface area contributed by atoms with Crippen LogP contribution in [0.5, 0.6) is 5.75 Å². The number of carboxylic acid groups (broad SMARTS) is 1. The van der Waals surface area contributed by atoms with Gasteiger partial charge in [0.15, 0.2) is 6.61 Å². The van der Waals surface area contributed by atoms with Crippen molar-refractivity contribution < 1.29 is 19.4 Å². The van der Waals surface area contributed by atoms with E-state index in [1.807, 2.05) is 6.07 Å². The fourth-order valence-electron chi connectivity index (χ4n) is 1.79. The highest BCUT2D eigenvalue weighted by Crippen LogP contribution is 2.20. The van der Waals surface area contributed by atoms with Crippen LogP contribution in [0.1, 0.15) is 16.1 Å². The molecule has 1 aromatic heterocycles. The molecule has 21 heavy (non-hydrogen) atoms. The zero-order valence-corrected chi connectivity index (χ0v) is 12.7. The SMILES string of the molecule is Cc1[nH]cc(NC(=O)COc2cccc(Br)c2)c1C(=O)O. The lowest BCUT2D eigenvalue weighted by atomic mass is 10.2. The van der Waals surface area contributed by atoms with Crippen molar-refractivity contribution in [2.75, 3.05) is 11.9 Å². The van der Waals surface area contributed by atoms with E-state index in [0.29, 0.717) is 11.4 Å². The smallest absolute Gasteiger partial charge is 0.339 e. The number of amides is 1. The van der Waals surface area contributed by atoms with Crippen molar-refractivity contribution >= 4 is 33.5 Å². The highest BCUT2D eigenvalue weighted by atomic mass is 79.9. The van der Waals surface area contributed by atoms with E-state index >= 15 is 0 Å². The number of halogens is 1. The van der Waals surface area contributed by atoms with E-state index in [-0.39, 0.29) is 17.9 Å². The Morgan fingerprint density at radius 3 is 2.86 bits per heavy atom. The maximum Gasteiger partial charge on any atom is 0.339 e. The average Bonchev–Trinajstić information content (AvgIpc) is 2.77. The second kappa shape index (κ2) is 6.45. The minimum Gasteiger partial charge on any atom is -0.484 e. The van der Waals surface area contributed by atoms with Gasteiger partial charge in [0.25, 0.3) is 5.91 Å². The zero-order chi connectivity index (χ0) is 15.4. The third-order valence-electron chi connectivity index (χ3n) is 2.73. The monoisotopic (exact) mass is 352 g/mol. The molecule has 0 radical (unpaired) electrons. The van der Waals surface area contributed by atoms with Crippen LogP contribution < -0.4 is 10.1 Å². The molecule has 7 heteroatoms. The van der Waals surface area contributed by atoms with E-state index in [0.717, 1.165) is 4.47 Å². The molecule has 0 fully saturated rings. The van der Waals surface area contributed by atoms with Crippen molar-refractivity contribution in [3.05, 3.63) is 46.2 Å². The van der Waals surface area contributed by atoms with Gasteiger partial charge in [-0.3, -0.25) is 4.79 Å². The van der Waals surface area contributed by atoms with Gasteiger partial charge in [-0.2, -0.15) is 0 Å². The second-order valence-corrected chi connectivity index (χ2v) is 5.22. The van der Waals surface area contributed by atoms with Crippen molar-refractivity contribution in [3.63, 3.8) is 0 Å². The molecule has 0 spiro atoms. The number of rotatable bonds is 5. The maximum absolute atomic E-state index is 11.8. The second-order valence-electron chi connectivity index (χ2n) is 4.30. The van der Waals surface area contributed by atoms with E-state index in [1.165, 1.54) is 6.20 Å². The summed E-state index contributed by atoms with van der Waals surface area (Å²) in [7, 11) is 0. The third kappa shape index (κ3) is 3.85. The molecular formula is C14H13BrN2O4. The van der Waals surface area contributed by atoms with Crippen LogP contribution >= 0.6 is 15.9 Å². The summed E-state index contributed by atoms with van der Waals surface area (Å²) in [4.78, 5) is 25.7. The molecule has 2 aromatic rings. The predicted octanol–water partition coefficient (Wildman–Crippen LogP) is 2.80. The summed E-state index contributed by atoms with van der Waals surface area (Å²) in [6, 6.07) is 7.08. The number of anilines is 1. The normalized spacial score (nSPS) is 10.2. The lowest BCUT2D eigenvalue weighted by molar-refractivity contribution is -0.118. The van der Waals surface area contributed by atoms with Gasteiger partial charge in [-0.15, -0.1) is 0 Å². The number of aromatic nitrogens is 1. The fraction of sp³-hybridized carbons (Fsp3) is 0.143. The molecule has 0 bridgehead atoms. The number of ether oxygens (including phenoxy) is 1. The molecule has 0 saturated heterocycles. The van der Waals surface area contributed by atoms with Crippen molar-refractivity contribution in [2.45, 2.75) is 6.92 Å². The van der Waals surface area contributed by atoms with Crippen molar-refractivity contribution in [3.8, 4) is 5.75 Å². The molecule has 0 aliphatic rings. The number of aryl methyl sites for hydroxylation is 1. The summed E-state index contributed by atoms with van der Waals surface area (Å²) in [5.74, 6) is -0.989. The first-order chi connectivity index (χ1) is 9.97. The number of hydrogen-bond donors (Lipinski definition) is 3. The summed E-state index contributed by atoms with van der Waals surface area (Å²) in [5.41, 5.74) is 0.749. The van der Waals surface area contributed by atoms with Crippen LogP contribution in [-0.4, -0.2) is 28.6 Å². The Kier molecular flexibility index (Phi) is 4.64. The van der Waals surface area contributed by atoms with Crippen molar-refractivity contribution in [2.24, 2.45) is 0 Å². The summed E-state index contributed by atoms with van der Waals surface area (Å²) in [6.45, 7) is 1.41. The first-order valence-corrected chi connectivity index (χ1v) is 6.86. The molecule has 0 aliphatic carbocycles. The van der Waals surface area contributed by atoms with Gasteiger partial charge in [-0.25, -0.2) is 4.79 Å². The summed E-state index contributed by atoms with van der Waals surface area (Å²) < 4.78 is 6.17. The number of hydrogen-bond acceptors (Lipinski definition) is 3. The molecule has 0 atom stereocenters. The van der Waals surface area contributed by atoms with Gasteiger partial charge in [0.05, 0.1) is 5.69 Å². The Balaban J connectivity index is 1.98. The molecule has 0 aliphatic heterocycles. The minimum absolute atomic E-state index is 0.0470. The van der Waals surface area contributed by atoms with Gasteiger partial charge >= 0.3 is 5.97 Å². The van der Waals surface area contributed by atoms with Gasteiger partial charge in [0.1, 0.15) is 11.3 Å². The minimum atomic E-state index is -1.10. The molecule has 0 saturated carbocycles. The highest BCUT2D eigenvalue weighted by molar-refractivity contribution is 9.10. The van der Waals surface area contributed by atoms with Gasteiger partial charge in [0.2, 0.25) is 0 Å². The van der Waals surface area contributed by atoms with E-state index in [2.05, 4.69) is 26.2 Å². The lowest BCUT2D eigenvalue weighted by Crippen LogP contribution is -2.21. The first kappa shape index (κ1) is 15.1. The van der Waals surface area contributed by atoms with E-state index in [4.69, 9.17) is 9.84 Å². The lowest BCUT2D eigenvalue weighted by Gasteiger charge is -2.07. The molecule has 1 heterocycles. The third-order valence-corrected chi connectivity index (χ3v) is 3.22. The van der Waals surface area contributed by atoms with Gasteiger partial charge in [-0.05, 0) is 25.1 Å². The van der Waals surface area contributed by atoms with Gasteiger partial charge < -0.3 is 20.1 Å². The van der Waals surface area contributed by atoms with Gasteiger partial charge in [0, 0.05) is 16.4 Å². The van der Waals surface area contributed by atoms with Crippen LogP contribution in [0.3, 0.4) is 0 Å². The number of H-pyrrole nitrogens is 1. The molecule has 0 unspecified atom stereocenters. The highest BCUT2D eigenvalue weighted by Gasteiger charge is 2.17. The van der Waals surface area contributed by atoms with Crippen LogP contribution in [0.15, 0.2) is 34.9 Å². The van der Waals surface area contributed by atoms with E-state index < -0.39 is 11.9 Å².